The number of carboxylic acids is 1. The van der Waals surface area contributed by atoms with E-state index in [1.54, 1.807) is 37.3 Å². The number of carbonyl (C=O) groups is 1. The zero-order chi connectivity index (χ0) is 18.8. The van der Waals surface area contributed by atoms with E-state index in [0.717, 1.165) is 4.88 Å². The molecule has 1 atom stereocenters. The van der Waals surface area contributed by atoms with Crippen molar-refractivity contribution in [2.24, 2.45) is 0 Å². The third-order valence-electron chi connectivity index (χ3n) is 3.41. The lowest BCUT2D eigenvalue weighted by Gasteiger charge is -2.20. The highest BCUT2D eigenvalue weighted by Crippen LogP contribution is 2.48. The van der Waals surface area contributed by atoms with E-state index >= 15 is 0 Å². The molecule has 136 valence electrons. The summed E-state index contributed by atoms with van der Waals surface area (Å²) in [5, 5.41) is 13.3. The second-order valence-corrected chi connectivity index (χ2v) is 10.1. The number of rotatable bonds is 6. The van der Waals surface area contributed by atoms with Gasteiger partial charge in [0.15, 0.2) is 0 Å². The molecule has 0 bridgehead atoms. The molecule has 0 saturated carbocycles. The third-order valence-corrected chi connectivity index (χ3v) is 7.35. The summed E-state index contributed by atoms with van der Waals surface area (Å²) >= 11 is 7.06. The Kier molecular flexibility index (Phi) is 6.00. The first kappa shape index (κ1) is 20.0. The van der Waals surface area contributed by atoms with Crippen LogP contribution in [0.4, 0.5) is 5.69 Å². The Balaban J connectivity index is 2.49. The van der Waals surface area contributed by atoms with Crippen LogP contribution in [0.25, 0.3) is 0 Å². The number of hydrogen-bond donors (Lipinski definition) is 2. The summed E-state index contributed by atoms with van der Waals surface area (Å²) in [6, 6.07) is 8.20. The van der Waals surface area contributed by atoms with Gasteiger partial charge in [-0.25, -0.2) is 4.79 Å². The molecular weight excluding hydrogens is 381 g/mol. The summed E-state index contributed by atoms with van der Waals surface area (Å²) in [7, 11) is -3.48. The highest BCUT2D eigenvalue weighted by molar-refractivity contribution is 7.68. The topological polar surface area (TPSA) is 75.6 Å². The zero-order valence-corrected chi connectivity index (χ0v) is 17.0. The predicted octanol–water partition coefficient (Wildman–Crippen LogP) is 5.36. The summed E-state index contributed by atoms with van der Waals surface area (Å²) in [4.78, 5) is 12.6. The van der Waals surface area contributed by atoms with E-state index in [4.69, 9.17) is 16.1 Å². The van der Waals surface area contributed by atoms with E-state index in [9.17, 15) is 14.5 Å². The lowest BCUT2D eigenvalue weighted by atomic mass is 9.95. The second kappa shape index (κ2) is 7.50. The molecule has 5 nitrogen and oxygen atoms in total. The number of aromatic carboxylic acids is 1. The van der Waals surface area contributed by atoms with E-state index in [1.807, 2.05) is 20.8 Å². The zero-order valence-electron chi connectivity index (χ0n) is 14.5. The molecular formula is C17H21ClNO4PS. The largest absolute Gasteiger partial charge is 0.477 e. The average molecular weight is 402 g/mol. The molecule has 0 spiro atoms. The molecule has 2 rings (SSSR count). The van der Waals surface area contributed by atoms with Crippen molar-refractivity contribution in [2.45, 2.75) is 33.1 Å². The minimum atomic E-state index is -3.48. The smallest absolute Gasteiger partial charge is 0.348 e. The molecule has 0 aliphatic heterocycles. The Labute approximate surface area is 156 Å². The van der Waals surface area contributed by atoms with Gasteiger partial charge in [-0.3, -0.25) is 4.57 Å². The summed E-state index contributed by atoms with van der Waals surface area (Å²) < 4.78 is 18.9. The third kappa shape index (κ3) is 4.64. The predicted molar refractivity (Wildman–Crippen MR) is 104 cm³/mol. The van der Waals surface area contributed by atoms with Crippen LogP contribution in [0.2, 0.25) is 5.02 Å². The Morgan fingerprint density at radius 3 is 2.40 bits per heavy atom. The van der Waals surface area contributed by atoms with Gasteiger partial charge in [0.1, 0.15) is 4.88 Å². The van der Waals surface area contributed by atoms with Crippen molar-refractivity contribution in [3.63, 3.8) is 0 Å². The van der Waals surface area contributed by atoms with Gasteiger partial charge >= 0.3 is 13.5 Å². The first-order valence-electron chi connectivity index (χ1n) is 7.73. The van der Waals surface area contributed by atoms with Crippen LogP contribution in [-0.4, -0.2) is 17.7 Å². The second-order valence-electron chi connectivity index (χ2n) is 6.47. The number of benzene rings is 1. The highest BCUT2D eigenvalue weighted by Gasteiger charge is 2.30. The van der Waals surface area contributed by atoms with Gasteiger partial charge in [-0.15, -0.1) is 11.3 Å². The van der Waals surface area contributed by atoms with E-state index in [1.165, 1.54) is 11.3 Å². The van der Waals surface area contributed by atoms with Crippen LogP contribution in [-0.2, 0) is 14.5 Å². The maximum atomic E-state index is 13.4. The van der Waals surface area contributed by atoms with Crippen molar-refractivity contribution in [1.29, 1.82) is 0 Å². The fourth-order valence-electron chi connectivity index (χ4n) is 2.15. The summed E-state index contributed by atoms with van der Waals surface area (Å²) in [5.41, 5.74) is 0.0826. The highest BCUT2D eigenvalue weighted by atomic mass is 35.5. The summed E-state index contributed by atoms with van der Waals surface area (Å²) in [5.74, 6) is -1.07. The molecule has 0 radical (unpaired) electrons. The Morgan fingerprint density at radius 2 is 1.92 bits per heavy atom. The van der Waals surface area contributed by atoms with Gasteiger partial charge in [-0.05, 0) is 42.7 Å². The number of halogens is 1. The minimum absolute atomic E-state index is 0.110. The van der Waals surface area contributed by atoms with Crippen molar-refractivity contribution in [3.05, 3.63) is 45.1 Å². The molecule has 2 N–H and O–H groups in total. The molecule has 0 aliphatic rings. The molecule has 0 amide bonds. The lowest BCUT2D eigenvalue weighted by Crippen LogP contribution is -2.15. The molecule has 1 heterocycles. The van der Waals surface area contributed by atoms with Gasteiger partial charge in [-0.2, -0.15) is 0 Å². The summed E-state index contributed by atoms with van der Waals surface area (Å²) in [6.07, 6.45) is 0. The van der Waals surface area contributed by atoms with Crippen LogP contribution in [0.15, 0.2) is 30.3 Å². The van der Waals surface area contributed by atoms with Crippen LogP contribution in [0, 0.1) is 0 Å². The molecule has 1 aromatic carbocycles. The van der Waals surface area contributed by atoms with Crippen LogP contribution < -0.4 is 10.4 Å². The van der Waals surface area contributed by atoms with E-state index < -0.39 is 13.5 Å². The maximum Gasteiger partial charge on any atom is 0.348 e. The number of carboxylic acid groups (broad SMARTS) is 1. The van der Waals surface area contributed by atoms with Crippen LogP contribution >= 0.6 is 30.5 Å². The van der Waals surface area contributed by atoms with Gasteiger partial charge in [-0.1, -0.05) is 32.4 Å². The fraction of sp³-hybridized carbons (Fsp3) is 0.353. The quantitative estimate of drug-likeness (QED) is 0.637. The van der Waals surface area contributed by atoms with Crippen molar-refractivity contribution >= 4 is 47.4 Å². The molecule has 25 heavy (non-hydrogen) atoms. The first-order chi connectivity index (χ1) is 11.6. The van der Waals surface area contributed by atoms with Gasteiger partial charge in [0.2, 0.25) is 0 Å². The molecule has 2 aromatic rings. The molecule has 0 fully saturated rings. The van der Waals surface area contributed by atoms with Crippen molar-refractivity contribution in [1.82, 2.24) is 0 Å². The lowest BCUT2D eigenvalue weighted by molar-refractivity contribution is 0.0703. The number of hydrogen-bond acceptors (Lipinski definition) is 4. The molecule has 1 unspecified atom stereocenters. The van der Waals surface area contributed by atoms with E-state index in [0.29, 0.717) is 16.0 Å². The molecule has 0 aliphatic carbocycles. The number of nitrogens with one attached hydrogen (secondary N) is 1. The summed E-state index contributed by atoms with van der Waals surface area (Å²) in [6.45, 7) is 7.93. The van der Waals surface area contributed by atoms with E-state index in [2.05, 4.69) is 5.09 Å². The van der Waals surface area contributed by atoms with Gasteiger partial charge < -0.3 is 14.7 Å². The van der Waals surface area contributed by atoms with Crippen LogP contribution in [0.5, 0.6) is 0 Å². The van der Waals surface area contributed by atoms with Crippen LogP contribution in [0.3, 0.4) is 0 Å². The standard InChI is InChI=1S/C17H21ClNO4PS/c1-5-23-24(22,12-8-6-11(18)7-9-12)19-13-10-14(17(2,3)4)25-15(13)16(20)21/h6-10H,5H2,1-4H3,(H,19,22)(H,20,21). The van der Waals surface area contributed by atoms with Gasteiger partial charge in [0, 0.05) is 9.90 Å². The fourth-order valence-corrected chi connectivity index (χ4v) is 5.10. The molecule has 0 saturated heterocycles. The minimum Gasteiger partial charge on any atom is -0.477 e. The first-order valence-corrected chi connectivity index (χ1v) is 10.6. The Hall–Kier alpha value is -1.33. The average Bonchev–Trinajstić information content (AvgIpc) is 2.92. The van der Waals surface area contributed by atoms with Crippen LogP contribution in [0.1, 0.15) is 42.2 Å². The van der Waals surface area contributed by atoms with E-state index in [-0.39, 0.29) is 16.9 Å². The maximum absolute atomic E-state index is 13.4. The molecule has 1 aromatic heterocycles. The SMILES string of the molecule is CCOP(=O)(Nc1cc(C(C)(C)C)sc1C(=O)O)c1ccc(Cl)cc1. The van der Waals surface area contributed by atoms with Gasteiger partial charge in [0.05, 0.1) is 17.6 Å². The Morgan fingerprint density at radius 1 is 1.32 bits per heavy atom. The number of anilines is 1. The Bertz CT molecular complexity index is 811. The molecule has 8 heteroatoms. The van der Waals surface area contributed by atoms with Crippen molar-refractivity contribution in [3.8, 4) is 0 Å². The van der Waals surface area contributed by atoms with Crippen molar-refractivity contribution in [2.75, 3.05) is 11.7 Å². The van der Waals surface area contributed by atoms with Gasteiger partial charge in [0.25, 0.3) is 0 Å². The normalized spacial score (nSPS) is 14.1. The number of thiophene rings is 1. The van der Waals surface area contributed by atoms with Crippen molar-refractivity contribution < 1.29 is 19.0 Å². The monoisotopic (exact) mass is 401 g/mol.